The number of nitrogens with one attached hydrogen (secondary N) is 1. The standard InChI is InChI=1S/C19H16Cl2N4O2/c1-24(12-17(26)22-14-7-5-13(20)6-8-14)18(27)10-9-15-19(21)23-16-4-2-3-11-25(15)16/h2-11H,12H2,1H3,(H,22,26)/b10-9+. The second-order valence-corrected chi connectivity index (χ2v) is 6.59. The quantitative estimate of drug-likeness (QED) is 0.660. The van der Waals surface area contributed by atoms with Crippen LogP contribution in [0.5, 0.6) is 0 Å². The van der Waals surface area contributed by atoms with Gasteiger partial charge in [-0.25, -0.2) is 4.98 Å². The minimum atomic E-state index is -0.330. The number of halogens is 2. The number of likely N-dealkylation sites (N-methyl/N-ethyl adjacent to an activating group) is 1. The van der Waals surface area contributed by atoms with E-state index < -0.39 is 0 Å². The molecule has 2 aromatic heterocycles. The Bertz CT molecular complexity index is 1010. The Morgan fingerprint density at radius 1 is 1.19 bits per heavy atom. The third-order valence-corrected chi connectivity index (χ3v) is 4.32. The SMILES string of the molecule is CN(CC(=O)Nc1ccc(Cl)cc1)C(=O)/C=C/c1c(Cl)nc2ccccn12. The van der Waals surface area contributed by atoms with Gasteiger partial charge in [0.05, 0.1) is 12.2 Å². The largest absolute Gasteiger partial charge is 0.333 e. The summed E-state index contributed by atoms with van der Waals surface area (Å²) in [5.74, 6) is -0.641. The molecule has 0 saturated heterocycles. The van der Waals surface area contributed by atoms with Gasteiger partial charge in [0, 0.05) is 30.0 Å². The lowest BCUT2D eigenvalue weighted by Gasteiger charge is -2.14. The fourth-order valence-electron chi connectivity index (χ4n) is 2.44. The molecule has 0 unspecified atom stereocenters. The lowest BCUT2D eigenvalue weighted by molar-refractivity contribution is -0.129. The van der Waals surface area contributed by atoms with E-state index in [1.165, 1.54) is 11.0 Å². The van der Waals surface area contributed by atoms with E-state index in [0.717, 1.165) is 0 Å². The maximum Gasteiger partial charge on any atom is 0.246 e. The summed E-state index contributed by atoms with van der Waals surface area (Å²) >= 11 is 11.9. The average Bonchev–Trinajstić information content (AvgIpc) is 2.96. The number of carbonyl (C=O) groups is 2. The highest BCUT2D eigenvalue weighted by Gasteiger charge is 2.12. The molecule has 3 rings (SSSR count). The van der Waals surface area contributed by atoms with Crippen molar-refractivity contribution in [2.24, 2.45) is 0 Å². The van der Waals surface area contributed by atoms with Gasteiger partial charge in [-0.15, -0.1) is 0 Å². The maximum absolute atomic E-state index is 12.3. The highest BCUT2D eigenvalue weighted by molar-refractivity contribution is 6.31. The minimum Gasteiger partial charge on any atom is -0.333 e. The van der Waals surface area contributed by atoms with Gasteiger partial charge in [0.2, 0.25) is 11.8 Å². The monoisotopic (exact) mass is 402 g/mol. The molecule has 1 aromatic carbocycles. The molecule has 27 heavy (non-hydrogen) atoms. The summed E-state index contributed by atoms with van der Waals surface area (Å²) < 4.78 is 1.78. The Morgan fingerprint density at radius 2 is 1.93 bits per heavy atom. The van der Waals surface area contributed by atoms with Gasteiger partial charge in [-0.2, -0.15) is 0 Å². The topological polar surface area (TPSA) is 66.7 Å². The highest BCUT2D eigenvalue weighted by atomic mass is 35.5. The summed E-state index contributed by atoms with van der Waals surface area (Å²) in [5.41, 5.74) is 1.89. The third-order valence-electron chi connectivity index (χ3n) is 3.79. The van der Waals surface area contributed by atoms with Crippen molar-refractivity contribution in [1.29, 1.82) is 0 Å². The molecular formula is C19H16Cl2N4O2. The number of imidazole rings is 1. The molecule has 2 amide bonds. The van der Waals surface area contributed by atoms with Crippen LogP contribution >= 0.6 is 23.2 Å². The van der Waals surface area contributed by atoms with Gasteiger partial charge in [-0.1, -0.05) is 29.3 Å². The Labute approximate surface area is 166 Å². The molecule has 1 N–H and O–H groups in total. The molecule has 2 heterocycles. The van der Waals surface area contributed by atoms with Crippen LogP contribution in [0, 0.1) is 0 Å². The van der Waals surface area contributed by atoms with Crippen LogP contribution in [0.25, 0.3) is 11.7 Å². The summed E-state index contributed by atoms with van der Waals surface area (Å²) in [6.45, 7) is -0.0906. The van der Waals surface area contributed by atoms with Gasteiger partial charge in [0.15, 0.2) is 5.15 Å². The van der Waals surface area contributed by atoms with Crippen molar-refractivity contribution < 1.29 is 9.59 Å². The van der Waals surface area contributed by atoms with E-state index in [4.69, 9.17) is 23.2 Å². The predicted molar refractivity (Wildman–Crippen MR) is 107 cm³/mol. The fraction of sp³-hybridized carbons (Fsp3) is 0.105. The van der Waals surface area contributed by atoms with Crippen LogP contribution in [-0.2, 0) is 9.59 Å². The second kappa shape index (κ2) is 8.24. The number of hydrogen-bond acceptors (Lipinski definition) is 3. The zero-order valence-electron chi connectivity index (χ0n) is 14.4. The molecule has 0 fully saturated rings. The summed E-state index contributed by atoms with van der Waals surface area (Å²) in [5, 5.41) is 3.59. The first-order valence-electron chi connectivity index (χ1n) is 8.05. The highest BCUT2D eigenvalue weighted by Crippen LogP contribution is 2.19. The van der Waals surface area contributed by atoms with Crippen molar-refractivity contribution in [3.8, 4) is 0 Å². The van der Waals surface area contributed by atoms with E-state index >= 15 is 0 Å². The Balaban J connectivity index is 1.63. The van der Waals surface area contributed by atoms with Gasteiger partial charge in [-0.05, 0) is 42.5 Å². The number of hydrogen-bond donors (Lipinski definition) is 1. The second-order valence-electron chi connectivity index (χ2n) is 5.80. The van der Waals surface area contributed by atoms with E-state index in [0.29, 0.717) is 27.2 Å². The third kappa shape index (κ3) is 4.67. The number of carbonyl (C=O) groups excluding carboxylic acids is 2. The summed E-state index contributed by atoms with van der Waals surface area (Å²) in [4.78, 5) is 29.9. The Kier molecular flexibility index (Phi) is 5.78. The van der Waals surface area contributed by atoms with Gasteiger partial charge < -0.3 is 10.2 Å². The fourth-order valence-corrected chi connectivity index (χ4v) is 2.81. The predicted octanol–water partition coefficient (Wildman–Crippen LogP) is 3.75. The lowest BCUT2D eigenvalue weighted by Crippen LogP contribution is -2.33. The molecule has 0 aliphatic heterocycles. The van der Waals surface area contributed by atoms with Gasteiger partial charge in [0.1, 0.15) is 5.65 Å². The first-order valence-corrected chi connectivity index (χ1v) is 8.81. The minimum absolute atomic E-state index is 0.0906. The zero-order chi connectivity index (χ0) is 19.4. The van der Waals surface area contributed by atoms with Crippen molar-refractivity contribution in [3.63, 3.8) is 0 Å². The molecule has 6 nitrogen and oxygen atoms in total. The molecule has 0 bridgehead atoms. The number of nitrogens with zero attached hydrogens (tertiary/aromatic N) is 3. The van der Waals surface area contributed by atoms with E-state index in [1.54, 1.807) is 41.8 Å². The van der Waals surface area contributed by atoms with E-state index in [9.17, 15) is 9.59 Å². The maximum atomic E-state index is 12.3. The van der Waals surface area contributed by atoms with Crippen LogP contribution < -0.4 is 5.32 Å². The van der Waals surface area contributed by atoms with Gasteiger partial charge >= 0.3 is 0 Å². The van der Waals surface area contributed by atoms with Crippen LogP contribution in [0.1, 0.15) is 5.69 Å². The van der Waals surface area contributed by atoms with Crippen LogP contribution in [0.3, 0.4) is 0 Å². The average molecular weight is 403 g/mol. The van der Waals surface area contributed by atoms with E-state index in [2.05, 4.69) is 10.3 Å². The van der Waals surface area contributed by atoms with Crippen LogP contribution in [0.2, 0.25) is 10.2 Å². The van der Waals surface area contributed by atoms with Crippen molar-refractivity contribution in [2.75, 3.05) is 18.9 Å². The number of rotatable bonds is 5. The smallest absolute Gasteiger partial charge is 0.246 e. The molecular weight excluding hydrogens is 387 g/mol. The molecule has 0 atom stereocenters. The van der Waals surface area contributed by atoms with E-state index in [1.807, 2.05) is 24.4 Å². The summed E-state index contributed by atoms with van der Waals surface area (Å²) in [6.07, 6.45) is 4.75. The van der Waals surface area contributed by atoms with Gasteiger partial charge in [-0.3, -0.25) is 14.0 Å². The summed E-state index contributed by atoms with van der Waals surface area (Å²) in [6, 6.07) is 12.2. The number of pyridine rings is 1. The van der Waals surface area contributed by atoms with Crippen LogP contribution in [-0.4, -0.2) is 39.7 Å². The summed E-state index contributed by atoms with van der Waals surface area (Å²) in [7, 11) is 1.55. The molecule has 0 aliphatic rings. The zero-order valence-corrected chi connectivity index (χ0v) is 15.9. The number of anilines is 1. The van der Waals surface area contributed by atoms with Crippen molar-refractivity contribution in [3.05, 3.63) is 70.6 Å². The number of amides is 2. The van der Waals surface area contributed by atoms with Crippen molar-refractivity contribution >= 4 is 52.4 Å². The number of aromatic nitrogens is 2. The molecule has 8 heteroatoms. The number of fused-ring (bicyclic) bond motifs is 1. The van der Waals surface area contributed by atoms with Gasteiger partial charge in [0.25, 0.3) is 0 Å². The molecule has 0 spiro atoms. The molecule has 0 aliphatic carbocycles. The molecule has 138 valence electrons. The molecule has 3 aromatic rings. The van der Waals surface area contributed by atoms with Crippen LogP contribution in [0.15, 0.2) is 54.7 Å². The van der Waals surface area contributed by atoms with Crippen LogP contribution in [0.4, 0.5) is 5.69 Å². The van der Waals surface area contributed by atoms with Crippen molar-refractivity contribution in [1.82, 2.24) is 14.3 Å². The van der Waals surface area contributed by atoms with Crippen molar-refractivity contribution in [2.45, 2.75) is 0 Å². The van der Waals surface area contributed by atoms with E-state index in [-0.39, 0.29) is 18.4 Å². The normalized spacial score (nSPS) is 11.1. The molecule has 0 radical (unpaired) electrons. The molecule has 0 saturated carbocycles. The number of benzene rings is 1. The Hall–Kier alpha value is -2.83. The first kappa shape index (κ1) is 18.9. The Morgan fingerprint density at radius 3 is 2.67 bits per heavy atom. The lowest BCUT2D eigenvalue weighted by atomic mass is 10.3. The first-order chi connectivity index (χ1) is 12.9.